The van der Waals surface area contributed by atoms with Gasteiger partial charge in [-0.2, -0.15) is 0 Å². The van der Waals surface area contributed by atoms with Crippen molar-refractivity contribution in [1.82, 2.24) is 0 Å². The summed E-state index contributed by atoms with van der Waals surface area (Å²) in [6, 6.07) is 3.83. The third-order valence-corrected chi connectivity index (χ3v) is 2.26. The smallest absolute Gasteiger partial charge is 0.303 e. The molecule has 1 rings (SSSR count). The van der Waals surface area contributed by atoms with E-state index in [9.17, 15) is 4.79 Å². The van der Waals surface area contributed by atoms with Gasteiger partial charge in [-0.05, 0) is 17.5 Å². The standard InChI is InChI=1S/C9H10O2S/c1-3-8(11-7(2)10)9-5-4-6-12-9/h3-6,8H,1H2,2H3/t8-/m0/s1. The topological polar surface area (TPSA) is 26.3 Å². The Morgan fingerprint density at radius 2 is 2.58 bits per heavy atom. The fraction of sp³-hybridized carbons (Fsp3) is 0.222. The monoisotopic (exact) mass is 182 g/mol. The van der Waals surface area contributed by atoms with Gasteiger partial charge in [0.15, 0.2) is 6.10 Å². The quantitative estimate of drug-likeness (QED) is 0.530. The molecule has 0 saturated carbocycles. The summed E-state index contributed by atoms with van der Waals surface area (Å²) in [6.07, 6.45) is 1.33. The summed E-state index contributed by atoms with van der Waals surface area (Å²) in [5, 5.41) is 1.94. The molecule has 1 heterocycles. The highest BCUT2D eigenvalue weighted by atomic mass is 32.1. The summed E-state index contributed by atoms with van der Waals surface area (Å²) in [5.74, 6) is -0.284. The number of hydrogen-bond acceptors (Lipinski definition) is 3. The first-order chi connectivity index (χ1) is 5.74. The minimum absolute atomic E-state index is 0.284. The number of esters is 1. The van der Waals surface area contributed by atoms with Gasteiger partial charge in [0.05, 0.1) is 0 Å². The molecule has 12 heavy (non-hydrogen) atoms. The second-order valence-corrected chi connectivity index (χ2v) is 3.26. The molecule has 0 saturated heterocycles. The molecular formula is C9H10O2S. The van der Waals surface area contributed by atoms with E-state index in [1.807, 2.05) is 17.5 Å². The van der Waals surface area contributed by atoms with Crippen molar-refractivity contribution >= 4 is 17.3 Å². The summed E-state index contributed by atoms with van der Waals surface area (Å²) in [4.78, 5) is 11.6. The molecule has 64 valence electrons. The van der Waals surface area contributed by atoms with Crippen molar-refractivity contribution in [1.29, 1.82) is 0 Å². The van der Waals surface area contributed by atoms with E-state index in [1.165, 1.54) is 6.92 Å². The van der Waals surface area contributed by atoms with Crippen LogP contribution < -0.4 is 0 Å². The van der Waals surface area contributed by atoms with Gasteiger partial charge in [0.1, 0.15) is 0 Å². The number of ether oxygens (including phenoxy) is 1. The normalized spacial score (nSPS) is 12.1. The Morgan fingerprint density at radius 1 is 1.83 bits per heavy atom. The molecule has 0 aromatic carbocycles. The van der Waals surface area contributed by atoms with Crippen molar-refractivity contribution < 1.29 is 9.53 Å². The van der Waals surface area contributed by atoms with E-state index in [-0.39, 0.29) is 12.1 Å². The third kappa shape index (κ3) is 2.20. The Hall–Kier alpha value is -1.09. The van der Waals surface area contributed by atoms with Crippen LogP contribution >= 0.6 is 11.3 Å². The third-order valence-electron chi connectivity index (χ3n) is 1.33. The summed E-state index contributed by atoms with van der Waals surface area (Å²) in [5.41, 5.74) is 0. The van der Waals surface area contributed by atoms with Gasteiger partial charge in [-0.3, -0.25) is 4.79 Å². The van der Waals surface area contributed by atoms with Crippen molar-refractivity contribution in [3.05, 3.63) is 35.0 Å². The van der Waals surface area contributed by atoms with Crippen molar-refractivity contribution in [2.45, 2.75) is 13.0 Å². The SMILES string of the molecule is C=C[C@H](OC(C)=O)c1cccs1. The Morgan fingerprint density at radius 3 is 3.00 bits per heavy atom. The van der Waals surface area contributed by atoms with Crippen molar-refractivity contribution in [3.63, 3.8) is 0 Å². The zero-order valence-corrected chi connectivity index (χ0v) is 7.64. The van der Waals surface area contributed by atoms with Gasteiger partial charge in [-0.25, -0.2) is 0 Å². The molecule has 1 atom stereocenters. The predicted octanol–water partition coefficient (Wildman–Crippen LogP) is 2.54. The van der Waals surface area contributed by atoms with Crippen LogP contribution in [0.15, 0.2) is 30.2 Å². The van der Waals surface area contributed by atoms with Gasteiger partial charge in [0, 0.05) is 11.8 Å². The van der Waals surface area contributed by atoms with Gasteiger partial charge in [-0.15, -0.1) is 11.3 Å². The first-order valence-electron chi connectivity index (χ1n) is 3.57. The molecule has 0 aliphatic rings. The zero-order valence-electron chi connectivity index (χ0n) is 6.82. The molecule has 3 heteroatoms. The van der Waals surface area contributed by atoms with Crippen LogP contribution in [0.1, 0.15) is 17.9 Å². The maximum absolute atomic E-state index is 10.6. The molecule has 2 nitrogen and oxygen atoms in total. The molecule has 0 fully saturated rings. The highest BCUT2D eigenvalue weighted by molar-refractivity contribution is 7.10. The molecule has 0 bridgehead atoms. The Kier molecular flexibility index (Phi) is 3.05. The summed E-state index contributed by atoms with van der Waals surface area (Å²) in [6.45, 7) is 4.99. The molecule has 1 aromatic heterocycles. The molecule has 0 unspecified atom stereocenters. The lowest BCUT2D eigenvalue weighted by molar-refractivity contribution is -0.144. The van der Waals surface area contributed by atoms with Crippen molar-refractivity contribution in [3.8, 4) is 0 Å². The van der Waals surface area contributed by atoms with E-state index in [0.717, 1.165) is 4.88 Å². The number of hydrogen-bond donors (Lipinski definition) is 0. The molecule has 0 aliphatic heterocycles. The van der Waals surface area contributed by atoms with Crippen molar-refractivity contribution in [2.24, 2.45) is 0 Å². The molecule has 0 amide bonds. The van der Waals surface area contributed by atoms with Crippen LogP contribution in [0.4, 0.5) is 0 Å². The van der Waals surface area contributed by atoms with Gasteiger partial charge < -0.3 is 4.74 Å². The minimum Gasteiger partial charge on any atom is -0.453 e. The van der Waals surface area contributed by atoms with Crippen LogP contribution in [-0.2, 0) is 9.53 Å². The summed E-state index contributed by atoms with van der Waals surface area (Å²) in [7, 11) is 0. The second-order valence-electron chi connectivity index (χ2n) is 2.28. The molecule has 0 N–H and O–H groups in total. The summed E-state index contributed by atoms with van der Waals surface area (Å²) < 4.78 is 5.00. The summed E-state index contributed by atoms with van der Waals surface area (Å²) >= 11 is 1.55. The minimum atomic E-state index is -0.289. The van der Waals surface area contributed by atoms with Crippen LogP contribution in [0, 0.1) is 0 Å². The van der Waals surface area contributed by atoms with Gasteiger partial charge in [-0.1, -0.05) is 12.6 Å². The lowest BCUT2D eigenvalue weighted by Crippen LogP contribution is -2.03. The van der Waals surface area contributed by atoms with E-state index in [4.69, 9.17) is 4.74 Å². The van der Waals surface area contributed by atoms with Crippen LogP contribution in [0.25, 0.3) is 0 Å². The van der Waals surface area contributed by atoms with Crippen molar-refractivity contribution in [2.75, 3.05) is 0 Å². The number of carbonyl (C=O) groups is 1. The molecule has 0 radical (unpaired) electrons. The first-order valence-corrected chi connectivity index (χ1v) is 4.45. The second kappa shape index (κ2) is 4.07. The molecular weight excluding hydrogens is 172 g/mol. The average Bonchev–Trinajstić information content (AvgIpc) is 2.51. The van der Waals surface area contributed by atoms with Gasteiger partial charge >= 0.3 is 5.97 Å². The molecule has 0 aliphatic carbocycles. The van der Waals surface area contributed by atoms with Crippen LogP contribution in [0.5, 0.6) is 0 Å². The average molecular weight is 182 g/mol. The Labute approximate surface area is 75.5 Å². The van der Waals surface area contributed by atoms with Gasteiger partial charge in [0.2, 0.25) is 0 Å². The Bertz CT molecular complexity index is 264. The number of rotatable bonds is 3. The number of thiophene rings is 1. The van der Waals surface area contributed by atoms with Crippen LogP contribution in [0.3, 0.4) is 0 Å². The van der Waals surface area contributed by atoms with Gasteiger partial charge in [0.25, 0.3) is 0 Å². The first kappa shape index (κ1) is 9.00. The predicted molar refractivity (Wildman–Crippen MR) is 49.0 cm³/mol. The fourth-order valence-corrected chi connectivity index (χ4v) is 1.60. The van der Waals surface area contributed by atoms with E-state index in [0.29, 0.717) is 0 Å². The lowest BCUT2D eigenvalue weighted by Gasteiger charge is -2.09. The highest BCUT2D eigenvalue weighted by Crippen LogP contribution is 2.23. The Balaban J connectivity index is 2.69. The molecule has 1 aromatic rings. The van der Waals surface area contributed by atoms with E-state index in [2.05, 4.69) is 6.58 Å². The lowest BCUT2D eigenvalue weighted by atomic mass is 10.3. The van der Waals surface area contributed by atoms with E-state index >= 15 is 0 Å². The maximum atomic E-state index is 10.6. The highest BCUT2D eigenvalue weighted by Gasteiger charge is 2.10. The largest absolute Gasteiger partial charge is 0.453 e. The van der Waals surface area contributed by atoms with E-state index < -0.39 is 0 Å². The van der Waals surface area contributed by atoms with E-state index in [1.54, 1.807) is 17.4 Å². The fourth-order valence-electron chi connectivity index (χ4n) is 0.854. The maximum Gasteiger partial charge on any atom is 0.303 e. The van der Waals surface area contributed by atoms with Crippen LogP contribution in [-0.4, -0.2) is 5.97 Å². The molecule has 0 spiro atoms. The van der Waals surface area contributed by atoms with Crippen LogP contribution in [0.2, 0.25) is 0 Å². The number of carbonyl (C=O) groups excluding carboxylic acids is 1. The zero-order chi connectivity index (χ0) is 8.97.